The van der Waals surface area contributed by atoms with E-state index in [4.69, 9.17) is 0 Å². The van der Waals surface area contributed by atoms with Crippen LogP contribution in [0.3, 0.4) is 0 Å². The fourth-order valence-electron chi connectivity index (χ4n) is 6.34. The molecule has 0 spiro atoms. The first-order valence-corrected chi connectivity index (χ1v) is 12.5. The summed E-state index contributed by atoms with van der Waals surface area (Å²) in [5.41, 5.74) is 0. The van der Waals surface area contributed by atoms with Crippen molar-refractivity contribution in [2.75, 3.05) is 32.7 Å². The molecule has 1 saturated heterocycles. The lowest BCUT2D eigenvalue weighted by Gasteiger charge is -2.41. The smallest absolute Gasteiger partial charge is 0.237 e. The predicted octanol–water partition coefficient (Wildman–Crippen LogP) is 3.58. The summed E-state index contributed by atoms with van der Waals surface area (Å²) in [7, 11) is 0. The van der Waals surface area contributed by atoms with E-state index in [1.54, 1.807) is 0 Å². The highest BCUT2D eigenvalue weighted by atomic mass is 16.2. The summed E-state index contributed by atoms with van der Waals surface area (Å²) >= 11 is 0. The van der Waals surface area contributed by atoms with Gasteiger partial charge in [0.1, 0.15) is 0 Å². The van der Waals surface area contributed by atoms with E-state index in [1.165, 1.54) is 70.6 Å². The van der Waals surface area contributed by atoms with Crippen LogP contribution in [0, 0.1) is 17.8 Å². The molecule has 1 atom stereocenters. The van der Waals surface area contributed by atoms with E-state index in [1.807, 2.05) is 0 Å². The number of hydrogen-bond acceptors (Lipinski definition) is 3. The molecule has 4 rings (SSSR count). The molecule has 0 aromatic carbocycles. The van der Waals surface area contributed by atoms with Gasteiger partial charge < -0.3 is 10.2 Å². The number of piperazine rings is 1. The van der Waals surface area contributed by atoms with Gasteiger partial charge in [-0.1, -0.05) is 44.9 Å². The molecular weight excluding hydrogens is 362 g/mol. The molecule has 3 aliphatic carbocycles. The maximum Gasteiger partial charge on any atom is 0.237 e. The second-order valence-electron chi connectivity index (χ2n) is 10.1. The van der Waals surface area contributed by atoms with Crippen LogP contribution >= 0.6 is 0 Å². The highest BCUT2D eigenvalue weighted by Crippen LogP contribution is 2.32. The van der Waals surface area contributed by atoms with Crippen molar-refractivity contribution in [1.82, 2.24) is 15.1 Å². The summed E-state index contributed by atoms with van der Waals surface area (Å²) in [5.74, 6) is 2.08. The minimum absolute atomic E-state index is 0.0184. The lowest BCUT2D eigenvalue weighted by atomic mass is 9.89. The Labute approximate surface area is 177 Å². The average molecular weight is 404 g/mol. The number of nitrogens with one attached hydrogen (secondary N) is 1. The van der Waals surface area contributed by atoms with E-state index in [9.17, 15) is 9.59 Å². The Morgan fingerprint density at radius 3 is 2.00 bits per heavy atom. The van der Waals surface area contributed by atoms with Gasteiger partial charge >= 0.3 is 0 Å². The van der Waals surface area contributed by atoms with Crippen molar-refractivity contribution in [2.45, 2.75) is 89.5 Å². The van der Waals surface area contributed by atoms with Crippen LogP contribution in [0.4, 0.5) is 0 Å². The number of rotatable bonds is 6. The van der Waals surface area contributed by atoms with Gasteiger partial charge in [0.25, 0.3) is 0 Å². The molecular formula is C24H41N3O2. The first-order valence-electron chi connectivity index (χ1n) is 12.5. The van der Waals surface area contributed by atoms with Crippen molar-refractivity contribution in [3.63, 3.8) is 0 Å². The van der Waals surface area contributed by atoms with Crippen molar-refractivity contribution >= 4 is 11.8 Å². The summed E-state index contributed by atoms with van der Waals surface area (Å²) in [6, 6.07) is 0.0184. The Morgan fingerprint density at radius 1 is 0.759 bits per heavy atom. The minimum Gasteiger partial charge on any atom is -0.354 e. The Bertz CT molecular complexity index is 540. The maximum atomic E-state index is 13.3. The molecule has 164 valence electrons. The number of nitrogens with zero attached hydrogens (tertiary/aromatic N) is 2. The predicted molar refractivity (Wildman–Crippen MR) is 115 cm³/mol. The SMILES string of the molecule is O=C(NCC1CCCCC1)C(C1CCCC1)N1CCN(C(=O)C2CCCC2)CC1. The third-order valence-electron chi connectivity index (χ3n) is 8.13. The normalized spacial score (nSPS) is 26.7. The molecule has 0 radical (unpaired) electrons. The van der Waals surface area contributed by atoms with Crippen LogP contribution in [-0.2, 0) is 9.59 Å². The van der Waals surface area contributed by atoms with E-state index in [0.717, 1.165) is 45.6 Å². The van der Waals surface area contributed by atoms with E-state index >= 15 is 0 Å². The van der Waals surface area contributed by atoms with Crippen molar-refractivity contribution in [3.05, 3.63) is 0 Å². The molecule has 5 nitrogen and oxygen atoms in total. The quantitative estimate of drug-likeness (QED) is 0.738. The van der Waals surface area contributed by atoms with Crippen LogP contribution in [0.15, 0.2) is 0 Å². The molecule has 3 saturated carbocycles. The van der Waals surface area contributed by atoms with Gasteiger partial charge in [-0.2, -0.15) is 0 Å². The van der Waals surface area contributed by atoms with Crippen LogP contribution in [0.2, 0.25) is 0 Å². The van der Waals surface area contributed by atoms with Gasteiger partial charge in [-0.25, -0.2) is 0 Å². The summed E-state index contributed by atoms with van der Waals surface area (Å²) in [4.78, 5) is 30.5. The third-order valence-corrected chi connectivity index (χ3v) is 8.13. The van der Waals surface area contributed by atoms with E-state index < -0.39 is 0 Å². The summed E-state index contributed by atoms with van der Waals surface area (Å²) in [5, 5.41) is 3.34. The van der Waals surface area contributed by atoms with Crippen molar-refractivity contribution in [2.24, 2.45) is 17.8 Å². The van der Waals surface area contributed by atoms with Gasteiger partial charge in [0.2, 0.25) is 11.8 Å². The molecule has 4 fully saturated rings. The summed E-state index contributed by atoms with van der Waals surface area (Å²) in [6.07, 6.45) is 16.0. The number of carbonyl (C=O) groups excluding carboxylic acids is 2. The first kappa shape index (κ1) is 21.1. The Morgan fingerprint density at radius 2 is 1.34 bits per heavy atom. The zero-order valence-corrected chi connectivity index (χ0v) is 18.2. The molecule has 0 bridgehead atoms. The van der Waals surface area contributed by atoms with Gasteiger partial charge in [-0.3, -0.25) is 14.5 Å². The Hall–Kier alpha value is -1.10. The molecule has 1 N–H and O–H groups in total. The van der Waals surface area contributed by atoms with Crippen LogP contribution in [-0.4, -0.2) is 60.4 Å². The largest absolute Gasteiger partial charge is 0.354 e. The molecule has 1 heterocycles. The molecule has 5 heteroatoms. The van der Waals surface area contributed by atoms with Gasteiger partial charge in [0, 0.05) is 38.6 Å². The number of carbonyl (C=O) groups is 2. The number of hydrogen-bond donors (Lipinski definition) is 1. The lowest BCUT2D eigenvalue weighted by Crippen LogP contribution is -2.58. The van der Waals surface area contributed by atoms with Gasteiger partial charge in [0.05, 0.1) is 6.04 Å². The topological polar surface area (TPSA) is 52.7 Å². The lowest BCUT2D eigenvalue weighted by molar-refractivity contribution is -0.138. The van der Waals surface area contributed by atoms with Crippen LogP contribution in [0.25, 0.3) is 0 Å². The number of amides is 2. The van der Waals surface area contributed by atoms with Crippen molar-refractivity contribution < 1.29 is 9.59 Å². The van der Waals surface area contributed by atoms with Crippen LogP contribution in [0.5, 0.6) is 0 Å². The molecule has 0 aromatic rings. The second kappa shape index (κ2) is 10.3. The molecule has 29 heavy (non-hydrogen) atoms. The highest BCUT2D eigenvalue weighted by molar-refractivity contribution is 5.82. The fourth-order valence-corrected chi connectivity index (χ4v) is 6.34. The van der Waals surface area contributed by atoms with E-state index in [0.29, 0.717) is 17.7 Å². The second-order valence-corrected chi connectivity index (χ2v) is 10.1. The van der Waals surface area contributed by atoms with E-state index in [-0.39, 0.29) is 17.9 Å². The highest BCUT2D eigenvalue weighted by Gasteiger charge is 2.38. The molecule has 2 amide bonds. The van der Waals surface area contributed by atoms with Crippen molar-refractivity contribution in [3.8, 4) is 0 Å². The molecule has 0 aromatic heterocycles. The molecule has 1 aliphatic heterocycles. The van der Waals surface area contributed by atoms with Crippen LogP contribution < -0.4 is 5.32 Å². The first-order chi connectivity index (χ1) is 14.2. The van der Waals surface area contributed by atoms with Crippen molar-refractivity contribution in [1.29, 1.82) is 0 Å². The maximum absolute atomic E-state index is 13.3. The van der Waals surface area contributed by atoms with Gasteiger partial charge in [-0.05, 0) is 50.4 Å². The summed E-state index contributed by atoms with van der Waals surface area (Å²) < 4.78 is 0. The average Bonchev–Trinajstić information content (AvgIpc) is 3.48. The Kier molecular flexibility index (Phi) is 7.49. The molecule has 1 unspecified atom stereocenters. The van der Waals surface area contributed by atoms with Crippen LogP contribution in [0.1, 0.15) is 83.5 Å². The Balaban J connectivity index is 1.32. The zero-order chi connectivity index (χ0) is 20.1. The van der Waals surface area contributed by atoms with Gasteiger partial charge in [0.15, 0.2) is 0 Å². The minimum atomic E-state index is 0.0184. The monoisotopic (exact) mass is 403 g/mol. The molecule has 4 aliphatic rings. The summed E-state index contributed by atoms with van der Waals surface area (Å²) in [6.45, 7) is 4.18. The zero-order valence-electron chi connectivity index (χ0n) is 18.2. The van der Waals surface area contributed by atoms with Gasteiger partial charge in [-0.15, -0.1) is 0 Å². The fraction of sp³-hybridized carbons (Fsp3) is 0.917. The third kappa shape index (κ3) is 5.34. The standard InChI is InChI=1S/C24H41N3O2/c28-23(25-18-19-8-2-1-3-9-19)22(20-10-4-5-11-20)26-14-16-27(17-15-26)24(29)21-12-6-7-13-21/h19-22H,1-18H2,(H,25,28). The van der Waals surface area contributed by atoms with E-state index in [2.05, 4.69) is 15.1 Å².